The van der Waals surface area contributed by atoms with Crippen LogP contribution in [0.4, 0.5) is 5.69 Å². The molecule has 1 aromatic rings. The van der Waals surface area contributed by atoms with Gasteiger partial charge >= 0.3 is 0 Å². The number of amides is 1. The van der Waals surface area contributed by atoms with Crippen molar-refractivity contribution >= 4 is 11.6 Å². The van der Waals surface area contributed by atoms with Crippen molar-refractivity contribution in [2.75, 3.05) is 25.0 Å². The van der Waals surface area contributed by atoms with Crippen LogP contribution in [0.25, 0.3) is 0 Å². The summed E-state index contributed by atoms with van der Waals surface area (Å²) in [5.74, 6) is 1.35. The van der Waals surface area contributed by atoms with E-state index in [0.29, 0.717) is 18.9 Å². The molecule has 92 valence electrons. The third-order valence-electron chi connectivity index (χ3n) is 2.77. The van der Waals surface area contributed by atoms with Crippen LogP contribution in [0.3, 0.4) is 0 Å². The number of hydrogen-bond acceptors (Lipinski definition) is 3. The zero-order valence-corrected chi connectivity index (χ0v) is 10.0. The fraction of sp³-hybridized carbons (Fsp3) is 0.462. The van der Waals surface area contributed by atoms with Gasteiger partial charge in [0.2, 0.25) is 5.91 Å². The van der Waals surface area contributed by atoms with Gasteiger partial charge in [0.05, 0.1) is 6.61 Å². The smallest absolute Gasteiger partial charge is 0.224 e. The lowest BCUT2D eigenvalue weighted by molar-refractivity contribution is -0.117. The van der Waals surface area contributed by atoms with E-state index >= 15 is 0 Å². The van der Waals surface area contributed by atoms with Crippen LogP contribution in [-0.2, 0) is 4.79 Å². The van der Waals surface area contributed by atoms with Crippen LogP contribution in [0, 0.1) is 5.92 Å². The lowest BCUT2D eigenvalue weighted by atomic mass is 9.99. The molecule has 0 atom stereocenters. The van der Waals surface area contributed by atoms with Gasteiger partial charge in [0, 0.05) is 18.2 Å². The maximum atomic E-state index is 11.7. The molecule has 1 saturated heterocycles. The molecule has 0 radical (unpaired) electrons. The van der Waals surface area contributed by atoms with Gasteiger partial charge in [-0.05, 0) is 38.1 Å². The van der Waals surface area contributed by atoms with Crippen LogP contribution in [-0.4, -0.2) is 25.6 Å². The van der Waals surface area contributed by atoms with E-state index < -0.39 is 0 Å². The van der Waals surface area contributed by atoms with Gasteiger partial charge in [0.15, 0.2) is 0 Å². The molecule has 0 aliphatic carbocycles. The SMILES string of the molecule is CCOc1cccc(NC(=O)CC2CNC2)c1. The minimum atomic E-state index is 0.0742. The summed E-state index contributed by atoms with van der Waals surface area (Å²) in [5.41, 5.74) is 0.799. The third-order valence-corrected chi connectivity index (χ3v) is 2.77. The van der Waals surface area contributed by atoms with Gasteiger partial charge in [-0.15, -0.1) is 0 Å². The lowest BCUT2D eigenvalue weighted by Crippen LogP contribution is -2.43. The van der Waals surface area contributed by atoms with Gasteiger partial charge in [-0.3, -0.25) is 4.79 Å². The number of anilines is 1. The number of carbonyl (C=O) groups excluding carboxylic acids is 1. The Hall–Kier alpha value is -1.55. The monoisotopic (exact) mass is 234 g/mol. The fourth-order valence-corrected chi connectivity index (χ4v) is 1.80. The number of rotatable bonds is 5. The van der Waals surface area contributed by atoms with E-state index in [1.807, 2.05) is 31.2 Å². The van der Waals surface area contributed by atoms with Gasteiger partial charge in [0.1, 0.15) is 5.75 Å². The maximum Gasteiger partial charge on any atom is 0.224 e. The van der Waals surface area contributed by atoms with Crippen LogP contribution in [0.2, 0.25) is 0 Å². The van der Waals surface area contributed by atoms with Crippen molar-refractivity contribution in [3.8, 4) is 5.75 Å². The van der Waals surface area contributed by atoms with E-state index in [0.717, 1.165) is 24.5 Å². The Morgan fingerprint density at radius 1 is 1.53 bits per heavy atom. The summed E-state index contributed by atoms with van der Waals surface area (Å²) < 4.78 is 5.38. The normalized spacial score (nSPS) is 15.1. The molecule has 17 heavy (non-hydrogen) atoms. The summed E-state index contributed by atoms with van der Waals surface area (Å²) in [6.45, 7) is 4.47. The highest BCUT2D eigenvalue weighted by atomic mass is 16.5. The minimum Gasteiger partial charge on any atom is -0.494 e. The molecule has 1 amide bonds. The highest BCUT2D eigenvalue weighted by Gasteiger charge is 2.19. The van der Waals surface area contributed by atoms with E-state index in [4.69, 9.17) is 4.74 Å². The molecule has 4 heteroatoms. The Balaban J connectivity index is 1.88. The first-order valence-corrected chi connectivity index (χ1v) is 6.01. The van der Waals surface area contributed by atoms with Gasteiger partial charge in [-0.25, -0.2) is 0 Å². The molecule has 1 heterocycles. The van der Waals surface area contributed by atoms with Gasteiger partial charge < -0.3 is 15.4 Å². The van der Waals surface area contributed by atoms with Crippen molar-refractivity contribution in [2.24, 2.45) is 5.92 Å². The Morgan fingerprint density at radius 3 is 3.00 bits per heavy atom. The molecular formula is C13H18N2O2. The number of carbonyl (C=O) groups is 1. The Bertz CT molecular complexity index is 389. The Kier molecular flexibility index (Phi) is 3.98. The number of hydrogen-bond donors (Lipinski definition) is 2. The summed E-state index contributed by atoms with van der Waals surface area (Å²) in [6, 6.07) is 7.49. The average Bonchev–Trinajstić information content (AvgIpc) is 2.25. The molecule has 0 bridgehead atoms. The minimum absolute atomic E-state index is 0.0742. The molecule has 1 aliphatic heterocycles. The van der Waals surface area contributed by atoms with Crippen LogP contribution in [0.5, 0.6) is 5.75 Å². The van der Waals surface area contributed by atoms with Gasteiger partial charge in [-0.2, -0.15) is 0 Å². The number of nitrogens with one attached hydrogen (secondary N) is 2. The molecule has 0 spiro atoms. The van der Waals surface area contributed by atoms with Crippen molar-refractivity contribution in [1.29, 1.82) is 0 Å². The van der Waals surface area contributed by atoms with Crippen molar-refractivity contribution in [3.05, 3.63) is 24.3 Å². The second-order valence-corrected chi connectivity index (χ2v) is 4.24. The first kappa shape index (κ1) is 11.9. The van der Waals surface area contributed by atoms with Gasteiger partial charge in [-0.1, -0.05) is 6.07 Å². The standard InChI is InChI=1S/C13H18N2O2/c1-2-17-12-5-3-4-11(7-12)15-13(16)6-10-8-14-9-10/h3-5,7,10,14H,2,6,8-9H2,1H3,(H,15,16). The first-order chi connectivity index (χ1) is 8.28. The molecule has 1 aromatic carbocycles. The molecule has 0 aromatic heterocycles. The summed E-state index contributed by atoms with van der Waals surface area (Å²) in [6.07, 6.45) is 0.589. The van der Waals surface area contributed by atoms with E-state index in [-0.39, 0.29) is 5.91 Å². The van der Waals surface area contributed by atoms with E-state index in [9.17, 15) is 4.79 Å². The molecule has 4 nitrogen and oxygen atoms in total. The van der Waals surface area contributed by atoms with E-state index in [2.05, 4.69) is 10.6 Å². The molecule has 0 unspecified atom stereocenters. The summed E-state index contributed by atoms with van der Waals surface area (Å²) in [5, 5.41) is 6.05. The highest BCUT2D eigenvalue weighted by Crippen LogP contribution is 2.18. The second-order valence-electron chi connectivity index (χ2n) is 4.24. The lowest BCUT2D eigenvalue weighted by Gasteiger charge is -2.26. The molecule has 1 aliphatic rings. The molecule has 2 rings (SSSR count). The maximum absolute atomic E-state index is 11.7. The number of benzene rings is 1. The summed E-state index contributed by atoms with van der Waals surface area (Å²) in [7, 11) is 0. The first-order valence-electron chi connectivity index (χ1n) is 6.01. The van der Waals surface area contributed by atoms with E-state index in [1.54, 1.807) is 0 Å². The quantitative estimate of drug-likeness (QED) is 0.814. The van der Waals surface area contributed by atoms with Crippen LogP contribution in [0.15, 0.2) is 24.3 Å². The number of ether oxygens (including phenoxy) is 1. The van der Waals surface area contributed by atoms with E-state index in [1.165, 1.54) is 0 Å². The third kappa shape index (κ3) is 3.46. The fourth-order valence-electron chi connectivity index (χ4n) is 1.80. The summed E-state index contributed by atoms with van der Waals surface area (Å²) >= 11 is 0. The predicted octanol–water partition coefficient (Wildman–Crippen LogP) is 1.63. The molecule has 0 saturated carbocycles. The highest BCUT2D eigenvalue weighted by molar-refractivity contribution is 5.91. The predicted molar refractivity (Wildman–Crippen MR) is 67.2 cm³/mol. The Labute approximate surface area is 101 Å². The van der Waals surface area contributed by atoms with Crippen LogP contribution in [0.1, 0.15) is 13.3 Å². The van der Waals surface area contributed by atoms with Crippen molar-refractivity contribution in [1.82, 2.24) is 5.32 Å². The average molecular weight is 234 g/mol. The molecular weight excluding hydrogens is 216 g/mol. The Morgan fingerprint density at radius 2 is 2.35 bits per heavy atom. The second kappa shape index (κ2) is 5.68. The summed E-state index contributed by atoms with van der Waals surface area (Å²) in [4.78, 5) is 11.7. The van der Waals surface area contributed by atoms with Crippen molar-refractivity contribution < 1.29 is 9.53 Å². The topological polar surface area (TPSA) is 50.4 Å². The molecule has 2 N–H and O–H groups in total. The van der Waals surface area contributed by atoms with Crippen LogP contribution < -0.4 is 15.4 Å². The molecule has 1 fully saturated rings. The zero-order chi connectivity index (χ0) is 12.1. The largest absolute Gasteiger partial charge is 0.494 e. The van der Waals surface area contributed by atoms with Gasteiger partial charge in [0.25, 0.3) is 0 Å². The van der Waals surface area contributed by atoms with Crippen molar-refractivity contribution in [3.63, 3.8) is 0 Å². The van der Waals surface area contributed by atoms with Crippen molar-refractivity contribution in [2.45, 2.75) is 13.3 Å². The van der Waals surface area contributed by atoms with Crippen LogP contribution >= 0.6 is 0 Å². The zero-order valence-electron chi connectivity index (χ0n) is 10.0.